The Balaban J connectivity index is 1.35. The largest absolute Gasteiger partial charge is 0.573 e. The van der Waals surface area contributed by atoms with Crippen LogP contribution in [0.3, 0.4) is 0 Å². The molecule has 2 aromatic rings. The molecule has 1 heterocycles. The molecule has 3 aliphatic rings. The van der Waals surface area contributed by atoms with E-state index in [-0.39, 0.29) is 35.1 Å². The lowest BCUT2D eigenvalue weighted by atomic mass is 9.86. The van der Waals surface area contributed by atoms with E-state index >= 15 is 0 Å². The standard InChI is InChI=1S/C24H26F3NO4S/c1-13(29)33-23-15-8-9-16(23)11-17(10-15)30-12-19-21(28-32-22(19)14-6-7-14)18-4-2-3-5-20(18)31-24(25,26)27/h2-5,14-17,23H,6-12H2,1H3. The number of hydrogen-bond acceptors (Lipinski definition) is 6. The van der Waals surface area contributed by atoms with Gasteiger partial charge in [0.1, 0.15) is 17.2 Å². The lowest BCUT2D eigenvalue weighted by Crippen LogP contribution is -2.33. The fourth-order valence-corrected chi connectivity index (χ4v) is 6.62. The first-order valence-corrected chi connectivity index (χ1v) is 12.3. The van der Waals surface area contributed by atoms with E-state index in [1.54, 1.807) is 19.1 Å². The first kappa shape index (κ1) is 22.8. The van der Waals surface area contributed by atoms with E-state index in [0.717, 1.165) is 38.5 Å². The van der Waals surface area contributed by atoms with Gasteiger partial charge in [-0.2, -0.15) is 0 Å². The SMILES string of the molecule is CC(=O)SC1C2CCC1CC(OCc1c(-c3ccccc3OC(F)(F)F)noc1C1CC1)C2. The first-order chi connectivity index (χ1) is 15.8. The Morgan fingerprint density at radius 1 is 1.15 bits per heavy atom. The zero-order valence-electron chi connectivity index (χ0n) is 18.3. The monoisotopic (exact) mass is 481 g/mol. The van der Waals surface area contributed by atoms with Gasteiger partial charge in [-0.05, 0) is 62.5 Å². The van der Waals surface area contributed by atoms with Crippen molar-refractivity contribution in [2.45, 2.75) is 75.7 Å². The number of hydrogen-bond donors (Lipinski definition) is 0. The van der Waals surface area contributed by atoms with Crippen LogP contribution in [0.5, 0.6) is 5.75 Å². The van der Waals surface area contributed by atoms with Crippen LogP contribution < -0.4 is 4.74 Å². The number of ether oxygens (including phenoxy) is 2. The number of fused-ring (bicyclic) bond motifs is 2. The first-order valence-electron chi connectivity index (χ1n) is 11.4. The molecule has 0 spiro atoms. The van der Waals surface area contributed by atoms with Gasteiger partial charge in [-0.15, -0.1) is 13.2 Å². The van der Waals surface area contributed by atoms with Crippen molar-refractivity contribution in [3.05, 3.63) is 35.6 Å². The molecule has 5 nitrogen and oxygen atoms in total. The summed E-state index contributed by atoms with van der Waals surface area (Å²) in [6.45, 7) is 1.86. The molecule has 9 heteroatoms. The topological polar surface area (TPSA) is 61.6 Å². The minimum Gasteiger partial charge on any atom is -0.405 e. The summed E-state index contributed by atoms with van der Waals surface area (Å²) in [5.74, 6) is 1.57. The summed E-state index contributed by atoms with van der Waals surface area (Å²) in [6, 6.07) is 5.99. The molecule has 3 aliphatic carbocycles. The Morgan fingerprint density at radius 2 is 1.85 bits per heavy atom. The molecule has 3 saturated carbocycles. The summed E-state index contributed by atoms with van der Waals surface area (Å²) in [4.78, 5) is 11.6. The van der Waals surface area contributed by atoms with Crippen LogP contribution in [0.15, 0.2) is 28.8 Å². The van der Waals surface area contributed by atoms with Gasteiger partial charge in [0.2, 0.25) is 0 Å². The molecule has 1 aromatic heterocycles. The second kappa shape index (κ2) is 8.98. The molecule has 0 amide bonds. The highest BCUT2D eigenvalue weighted by Crippen LogP contribution is 2.50. The maximum absolute atomic E-state index is 12.9. The van der Waals surface area contributed by atoms with Gasteiger partial charge in [0.15, 0.2) is 5.12 Å². The molecular formula is C24H26F3NO4S. The predicted octanol–water partition coefficient (Wildman–Crippen LogP) is 6.47. The van der Waals surface area contributed by atoms with Crippen molar-refractivity contribution >= 4 is 16.9 Å². The van der Waals surface area contributed by atoms with Gasteiger partial charge in [-0.1, -0.05) is 29.1 Å². The van der Waals surface area contributed by atoms with Crippen LogP contribution in [0, 0.1) is 11.8 Å². The molecule has 2 atom stereocenters. The molecule has 0 radical (unpaired) electrons. The second-order valence-electron chi connectivity index (χ2n) is 9.27. The number of halogens is 3. The maximum Gasteiger partial charge on any atom is 0.573 e. The third-order valence-electron chi connectivity index (χ3n) is 6.87. The Bertz CT molecular complexity index is 1010. The van der Waals surface area contributed by atoms with Gasteiger partial charge in [0, 0.05) is 29.2 Å². The normalized spacial score (nSPS) is 27.0. The van der Waals surface area contributed by atoms with Crippen LogP contribution in [0.2, 0.25) is 0 Å². The lowest BCUT2D eigenvalue weighted by molar-refractivity contribution is -0.274. The Kier molecular flexibility index (Phi) is 6.20. The number of rotatable bonds is 7. The Hall–Kier alpha value is -2.00. The quantitative estimate of drug-likeness (QED) is 0.452. The number of para-hydroxylation sites is 1. The van der Waals surface area contributed by atoms with Crippen molar-refractivity contribution in [2.24, 2.45) is 11.8 Å². The van der Waals surface area contributed by atoms with Crippen LogP contribution in [0.25, 0.3) is 11.3 Å². The van der Waals surface area contributed by atoms with Crippen molar-refractivity contribution in [1.82, 2.24) is 5.16 Å². The van der Waals surface area contributed by atoms with Crippen LogP contribution >= 0.6 is 11.8 Å². The van der Waals surface area contributed by atoms with Gasteiger partial charge in [-0.25, -0.2) is 0 Å². The van der Waals surface area contributed by atoms with Gasteiger partial charge in [0.25, 0.3) is 0 Å². The highest BCUT2D eigenvalue weighted by Gasteiger charge is 2.44. The summed E-state index contributed by atoms with van der Waals surface area (Å²) in [7, 11) is 0. The molecule has 5 rings (SSSR count). The van der Waals surface area contributed by atoms with E-state index in [4.69, 9.17) is 9.26 Å². The van der Waals surface area contributed by atoms with E-state index in [9.17, 15) is 18.0 Å². The molecule has 0 N–H and O–H groups in total. The molecule has 0 aliphatic heterocycles. The van der Waals surface area contributed by atoms with Crippen LogP contribution in [-0.4, -0.2) is 28.0 Å². The summed E-state index contributed by atoms with van der Waals surface area (Å²) in [6.07, 6.45) is 1.23. The number of thioether (sulfide) groups is 1. The predicted molar refractivity (Wildman–Crippen MR) is 117 cm³/mol. The van der Waals surface area contributed by atoms with E-state index in [1.165, 1.54) is 23.9 Å². The third kappa shape index (κ3) is 5.09. The smallest absolute Gasteiger partial charge is 0.405 e. The molecule has 2 unspecified atom stereocenters. The van der Waals surface area contributed by atoms with Gasteiger partial charge in [-0.3, -0.25) is 4.79 Å². The number of aromatic nitrogens is 1. The number of alkyl halides is 3. The van der Waals surface area contributed by atoms with E-state index < -0.39 is 6.36 Å². The van der Waals surface area contributed by atoms with Gasteiger partial charge >= 0.3 is 6.36 Å². The lowest BCUT2D eigenvalue weighted by Gasteiger charge is -2.34. The average Bonchev–Trinajstić information content (AvgIpc) is 3.46. The van der Waals surface area contributed by atoms with Crippen LogP contribution in [0.1, 0.15) is 62.7 Å². The summed E-state index contributed by atoms with van der Waals surface area (Å²) in [5, 5.41) is 4.69. The second-order valence-corrected chi connectivity index (χ2v) is 10.6. The van der Waals surface area contributed by atoms with Gasteiger partial charge < -0.3 is 14.0 Å². The van der Waals surface area contributed by atoms with E-state index in [1.807, 2.05) is 0 Å². The highest BCUT2D eigenvalue weighted by molar-refractivity contribution is 8.14. The summed E-state index contributed by atoms with van der Waals surface area (Å²) < 4.78 is 55.0. The average molecular weight is 482 g/mol. The minimum absolute atomic E-state index is 0.0581. The molecule has 1 aromatic carbocycles. The molecule has 2 bridgehead atoms. The number of benzene rings is 1. The number of carbonyl (C=O) groups excluding carboxylic acids is 1. The van der Waals surface area contributed by atoms with Crippen molar-refractivity contribution in [1.29, 1.82) is 0 Å². The van der Waals surface area contributed by atoms with Gasteiger partial charge in [0.05, 0.1) is 12.7 Å². The maximum atomic E-state index is 12.9. The Morgan fingerprint density at radius 3 is 2.48 bits per heavy atom. The number of carbonyl (C=O) groups is 1. The number of nitrogens with zero attached hydrogens (tertiary/aromatic N) is 1. The minimum atomic E-state index is -4.80. The summed E-state index contributed by atoms with van der Waals surface area (Å²) >= 11 is 1.47. The molecule has 33 heavy (non-hydrogen) atoms. The fourth-order valence-electron chi connectivity index (χ4n) is 5.35. The van der Waals surface area contributed by atoms with Crippen molar-refractivity contribution in [2.75, 3.05) is 0 Å². The fraction of sp³-hybridized carbons (Fsp3) is 0.583. The third-order valence-corrected chi connectivity index (χ3v) is 8.24. The molecular weight excluding hydrogens is 455 g/mol. The van der Waals surface area contributed by atoms with Crippen molar-refractivity contribution in [3.63, 3.8) is 0 Å². The zero-order chi connectivity index (χ0) is 23.2. The van der Waals surface area contributed by atoms with E-state index in [2.05, 4.69) is 9.89 Å². The molecule has 0 saturated heterocycles. The van der Waals surface area contributed by atoms with Crippen LogP contribution in [0.4, 0.5) is 13.2 Å². The van der Waals surface area contributed by atoms with E-state index in [0.29, 0.717) is 34.1 Å². The van der Waals surface area contributed by atoms with Crippen LogP contribution in [-0.2, 0) is 16.1 Å². The molecule has 178 valence electrons. The highest BCUT2D eigenvalue weighted by atomic mass is 32.2. The Labute approximate surface area is 194 Å². The zero-order valence-corrected chi connectivity index (χ0v) is 19.1. The van der Waals surface area contributed by atoms with Crippen molar-refractivity contribution < 1.29 is 32.0 Å². The van der Waals surface area contributed by atoms with Crippen molar-refractivity contribution in [3.8, 4) is 17.0 Å². The summed E-state index contributed by atoms with van der Waals surface area (Å²) in [5.41, 5.74) is 1.30. The molecule has 3 fully saturated rings.